The van der Waals surface area contributed by atoms with E-state index >= 15 is 0 Å². The largest absolute Gasteiger partial charge is 0.444 e. The van der Waals surface area contributed by atoms with Gasteiger partial charge in [0.15, 0.2) is 0 Å². The number of aromatic amines is 1. The molecule has 1 unspecified atom stereocenters. The van der Waals surface area contributed by atoms with E-state index in [1.807, 2.05) is 34.6 Å². The molecule has 0 bridgehead atoms. The predicted octanol–water partition coefficient (Wildman–Crippen LogP) is 4.17. The molecule has 3 heterocycles. The van der Waals surface area contributed by atoms with Crippen LogP contribution in [-0.2, 0) is 9.47 Å². The van der Waals surface area contributed by atoms with Gasteiger partial charge in [0.05, 0.1) is 24.1 Å². The van der Waals surface area contributed by atoms with Gasteiger partial charge in [-0.05, 0) is 83.7 Å². The lowest BCUT2D eigenvalue weighted by atomic mass is 9.84. The van der Waals surface area contributed by atoms with Crippen molar-refractivity contribution in [3.63, 3.8) is 0 Å². The van der Waals surface area contributed by atoms with Crippen LogP contribution >= 0.6 is 0 Å². The molecule has 1 atom stereocenters. The number of aryl methyl sites for hydroxylation is 1. The SMILES string of the molecule is CCC1(Nc2cc[nH]c(=O)c2C(N)=Nc2ccc(C(=O)N3CCOC(C)C3)c(C)c2)CCN(C(=O)OC(C)(C)C)CC1. The summed E-state index contributed by atoms with van der Waals surface area (Å²) in [5, 5.41) is 3.58. The molecule has 2 saturated heterocycles. The number of amidine groups is 1. The summed E-state index contributed by atoms with van der Waals surface area (Å²) in [5.74, 6) is 0.0250. The maximum absolute atomic E-state index is 13.1. The highest BCUT2D eigenvalue weighted by Crippen LogP contribution is 2.32. The predicted molar refractivity (Wildman–Crippen MR) is 164 cm³/mol. The van der Waals surface area contributed by atoms with Crippen molar-refractivity contribution < 1.29 is 19.1 Å². The number of piperidine rings is 1. The molecule has 228 valence electrons. The highest BCUT2D eigenvalue weighted by molar-refractivity contribution is 6.03. The molecule has 2 aliphatic rings. The highest BCUT2D eigenvalue weighted by Gasteiger charge is 2.36. The van der Waals surface area contributed by atoms with Crippen LogP contribution in [0.15, 0.2) is 40.2 Å². The van der Waals surface area contributed by atoms with Gasteiger partial charge in [0.2, 0.25) is 0 Å². The Morgan fingerprint density at radius 2 is 1.90 bits per heavy atom. The van der Waals surface area contributed by atoms with Crippen LogP contribution in [0.4, 0.5) is 16.2 Å². The van der Waals surface area contributed by atoms with E-state index in [1.165, 1.54) is 0 Å². The molecule has 0 spiro atoms. The first-order valence-electron chi connectivity index (χ1n) is 14.6. The van der Waals surface area contributed by atoms with Gasteiger partial charge < -0.3 is 35.3 Å². The van der Waals surface area contributed by atoms with Gasteiger partial charge in [0, 0.05) is 43.5 Å². The number of pyridine rings is 1. The molecule has 0 aliphatic carbocycles. The van der Waals surface area contributed by atoms with Crippen LogP contribution in [-0.4, -0.2) is 82.6 Å². The van der Waals surface area contributed by atoms with E-state index in [2.05, 4.69) is 22.2 Å². The standard InChI is InChI=1S/C31H44N6O5/c1-7-31(11-14-36(15-12-31)29(40)42-30(4,5)6)35-24-10-13-33-27(38)25(24)26(32)34-22-8-9-23(20(2)18-22)28(39)37-16-17-41-21(3)19-37/h8-10,13,18,21H,7,11-12,14-17,19H2,1-6H3,(H2,32,34)(H2,33,35,38). The first-order chi connectivity index (χ1) is 19.8. The fraction of sp³-hybridized carbons (Fsp3) is 0.548. The van der Waals surface area contributed by atoms with Gasteiger partial charge in [-0.15, -0.1) is 0 Å². The van der Waals surface area contributed by atoms with Gasteiger partial charge in [-0.2, -0.15) is 0 Å². The maximum Gasteiger partial charge on any atom is 0.410 e. The van der Waals surface area contributed by atoms with Crippen LogP contribution < -0.4 is 16.6 Å². The fourth-order valence-electron chi connectivity index (χ4n) is 5.46. The maximum atomic E-state index is 13.1. The molecule has 0 radical (unpaired) electrons. The number of ether oxygens (including phenoxy) is 2. The van der Waals surface area contributed by atoms with Crippen molar-refractivity contribution in [2.75, 3.05) is 38.1 Å². The van der Waals surface area contributed by atoms with Crippen molar-refractivity contribution in [1.82, 2.24) is 14.8 Å². The van der Waals surface area contributed by atoms with Crippen LogP contribution in [0.3, 0.4) is 0 Å². The summed E-state index contributed by atoms with van der Waals surface area (Å²) >= 11 is 0. The monoisotopic (exact) mass is 580 g/mol. The number of aliphatic imine (C=N–C) groups is 1. The minimum Gasteiger partial charge on any atom is -0.444 e. The molecule has 4 N–H and O–H groups in total. The van der Waals surface area contributed by atoms with Gasteiger partial charge >= 0.3 is 6.09 Å². The molecule has 1 aromatic carbocycles. The summed E-state index contributed by atoms with van der Waals surface area (Å²) in [6, 6.07) is 7.07. The van der Waals surface area contributed by atoms with Gasteiger partial charge in [-0.1, -0.05) is 6.92 Å². The summed E-state index contributed by atoms with van der Waals surface area (Å²) in [7, 11) is 0. The van der Waals surface area contributed by atoms with Crippen LogP contribution in [0, 0.1) is 6.92 Å². The number of hydrogen-bond donors (Lipinski definition) is 3. The van der Waals surface area contributed by atoms with Gasteiger partial charge in [0.1, 0.15) is 17.0 Å². The van der Waals surface area contributed by atoms with E-state index in [1.54, 1.807) is 40.3 Å². The zero-order valence-electron chi connectivity index (χ0n) is 25.6. The minimum absolute atomic E-state index is 0.00261. The molecule has 0 saturated carbocycles. The van der Waals surface area contributed by atoms with Crippen LogP contribution in [0.25, 0.3) is 0 Å². The lowest BCUT2D eigenvalue weighted by Gasteiger charge is -2.43. The number of nitrogens with two attached hydrogens (primary N) is 1. The van der Waals surface area contributed by atoms with E-state index < -0.39 is 5.60 Å². The number of nitrogens with one attached hydrogen (secondary N) is 2. The number of morpholine rings is 1. The molecule has 11 nitrogen and oxygen atoms in total. The lowest BCUT2D eigenvalue weighted by molar-refractivity contribution is -0.0124. The Morgan fingerprint density at radius 1 is 1.19 bits per heavy atom. The Kier molecular flexibility index (Phi) is 9.30. The topological polar surface area (TPSA) is 142 Å². The number of aromatic nitrogens is 1. The third kappa shape index (κ3) is 7.31. The first-order valence-corrected chi connectivity index (χ1v) is 14.6. The molecule has 4 rings (SSSR count). The van der Waals surface area contributed by atoms with Crippen molar-refractivity contribution >= 4 is 29.2 Å². The Labute approximate surface area is 247 Å². The van der Waals surface area contributed by atoms with E-state index in [9.17, 15) is 14.4 Å². The third-order valence-electron chi connectivity index (χ3n) is 7.88. The van der Waals surface area contributed by atoms with Gasteiger partial charge in [0.25, 0.3) is 11.5 Å². The molecule has 2 aliphatic heterocycles. The summed E-state index contributed by atoms with van der Waals surface area (Å²) in [6.45, 7) is 14.2. The number of likely N-dealkylation sites (tertiary alicyclic amines) is 1. The fourth-order valence-corrected chi connectivity index (χ4v) is 5.46. The smallest absolute Gasteiger partial charge is 0.410 e. The number of hydrogen-bond acceptors (Lipinski definition) is 7. The zero-order chi connectivity index (χ0) is 30.7. The average Bonchev–Trinajstić information content (AvgIpc) is 2.92. The second-order valence-corrected chi connectivity index (χ2v) is 12.3. The second-order valence-electron chi connectivity index (χ2n) is 12.3. The molecule has 1 aromatic heterocycles. The van der Waals surface area contributed by atoms with Crippen molar-refractivity contribution in [2.45, 2.75) is 78.0 Å². The quantitative estimate of drug-likeness (QED) is 0.344. The summed E-state index contributed by atoms with van der Waals surface area (Å²) in [4.78, 5) is 49.5. The van der Waals surface area contributed by atoms with Crippen LogP contribution in [0.5, 0.6) is 0 Å². The van der Waals surface area contributed by atoms with Crippen LogP contribution in [0.2, 0.25) is 0 Å². The minimum atomic E-state index is -0.554. The molecule has 2 amide bonds. The Hall–Kier alpha value is -3.86. The van der Waals surface area contributed by atoms with Crippen molar-refractivity contribution in [3.05, 3.63) is 57.5 Å². The number of amides is 2. The van der Waals surface area contributed by atoms with Gasteiger partial charge in [-0.25, -0.2) is 9.79 Å². The number of carbonyl (C=O) groups excluding carboxylic acids is 2. The number of benzene rings is 1. The Bertz CT molecular complexity index is 1390. The number of anilines is 1. The molecular formula is C31H44N6O5. The van der Waals surface area contributed by atoms with Crippen molar-refractivity contribution in [1.29, 1.82) is 0 Å². The van der Waals surface area contributed by atoms with Crippen LogP contribution in [0.1, 0.15) is 75.4 Å². The number of H-pyrrole nitrogens is 1. The van der Waals surface area contributed by atoms with E-state index in [4.69, 9.17) is 15.2 Å². The summed E-state index contributed by atoms with van der Waals surface area (Å²) < 4.78 is 11.1. The van der Waals surface area contributed by atoms with E-state index in [0.29, 0.717) is 62.6 Å². The summed E-state index contributed by atoms with van der Waals surface area (Å²) in [6.07, 6.45) is 3.42. The zero-order valence-corrected chi connectivity index (χ0v) is 25.6. The number of rotatable bonds is 6. The lowest BCUT2D eigenvalue weighted by Crippen LogP contribution is -2.51. The third-order valence-corrected chi connectivity index (χ3v) is 7.88. The normalized spacial score (nSPS) is 19.4. The highest BCUT2D eigenvalue weighted by atomic mass is 16.6. The van der Waals surface area contributed by atoms with E-state index in [-0.39, 0.29) is 40.6 Å². The van der Waals surface area contributed by atoms with Crippen molar-refractivity contribution in [3.8, 4) is 0 Å². The number of nitrogens with zero attached hydrogens (tertiary/aromatic N) is 3. The molecule has 2 aromatic rings. The first kappa shape index (κ1) is 31.1. The molecular weight excluding hydrogens is 536 g/mol. The van der Waals surface area contributed by atoms with Gasteiger partial charge in [-0.3, -0.25) is 9.59 Å². The average molecular weight is 581 g/mol. The van der Waals surface area contributed by atoms with E-state index in [0.717, 1.165) is 12.0 Å². The second kappa shape index (κ2) is 12.6. The number of carbonyl (C=O) groups is 2. The summed E-state index contributed by atoms with van der Waals surface area (Å²) in [5.41, 5.74) is 7.95. The molecule has 42 heavy (non-hydrogen) atoms. The molecule has 11 heteroatoms. The molecule has 2 fully saturated rings. The Balaban J connectivity index is 1.53. The van der Waals surface area contributed by atoms with Crippen molar-refractivity contribution in [2.24, 2.45) is 10.7 Å². The Morgan fingerprint density at radius 3 is 2.52 bits per heavy atom.